The predicted octanol–water partition coefficient (Wildman–Crippen LogP) is 2.95. The molecule has 1 spiro atoms. The number of hydrogen-bond donors (Lipinski definition) is 1. The van der Waals surface area contributed by atoms with Gasteiger partial charge in [-0.25, -0.2) is 0 Å². The highest BCUT2D eigenvalue weighted by Gasteiger charge is 2.48. The highest BCUT2D eigenvalue weighted by Crippen LogP contribution is 2.58. The molecule has 2 aliphatic rings. The summed E-state index contributed by atoms with van der Waals surface area (Å²) in [5.41, 5.74) is 9.34. The normalized spacial score (nSPS) is 24.5. The number of nitrogens with two attached hydrogens (primary N) is 1. The lowest BCUT2D eigenvalue weighted by Crippen LogP contribution is -2.21. The molecule has 1 unspecified atom stereocenters. The van der Waals surface area contributed by atoms with Crippen molar-refractivity contribution in [1.29, 1.82) is 0 Å². The van der Waals surface area contributed by atoms with Crippen LogP contribution in [-0.4, -0.2) is 13.7 Å². The van der Waals surface area contributed by atoms with E-state index in [-0.39, 0.29) is 0 Å². The fourth-order valence-corrected chi connectivity index (χ4v) is 3.39. The van der Waals surface area contributed by atoms with E-state index in [1.54, 1.807) is 18.2 Å². The molecule has 0 amide bonds. The first-order valence-electron chi connectivity index (χ1n) is 6.67. The number of ether oxygens (including phenoxy) is 1. The van der Waals surface area contributed by atoms with Gasteiger partial charge < -0.3 is 10.5 Å². The van der Waals surface area contributed by atoms with Crippen LogP contribution in [-0.2, 0) is 5.41 Å². The van der Waals surface area contributed by atoms with Crippen molar-refractivity contribution >= 4 is 0 Å². The van der Waals surface area contributed by atoms with Crippen LogP contribution in [0.5, 0.6) is 5.75 Å². The van der Waals surface area contributed by atoms with Crippen molar-refractivity contribution in [3.8, 4) is 5.75 Å². The van der Waals surface area contributed by atoms with Gasteiger partial charge in [-0.3, -0.25) is 0 Å². The highest BCUT2D eigenvalue weighted by molar-refractivity contribution is 5.47. The molecular weight excluding hydrogens is 210 g/mol. The maximum atomic E-state index is 5.73. The molecule has 1 aromatic carbocycles. The van der Waals surface area contributed by atoms with Gasteiger partial charge in [0.15, 0.2) is 0 Å². The maximum absolute atomic E-state index is 5.73. The minimum atomic E-state index is 0.509. The van der Waals surface area contributed by atoms with Gasteiger partial charge in [0.25, 0.3) is 0 Å². The Morgan fingerprint density at radius 3 is 2.82 bits per heavy atom. The largest absolute Gasteiger partial charge is 0.497 e. The van der Waals surface area contributed by atoms with E-state index < -0.39 is 0 Å². The number of rotatable bonds is 3. The zero-order chi connectivity index (χ0) is 11.9. The quantitative estimate of drug-likeness (QED) is 0.868. The van der Waals surface area contributed by atoms with Crippen LogP contribution < -0.4 is 10.5 Å². The molecule has 1 fully saturated rings. The van der Waals surface area contributed by atoms with Gasteiger partial charge in [-0.2, -0.15) is 0 Å². The average Bonchev–Trinajstić information content (AvgIpc) is 3.14. The minimum absolute atomic E-state index is 0.509. The van der Waals surface area contributed by atoms with Crippen LogP contribution in [0.4, 0.5) is 0 Å². The van der Waals surface area contributed by atoms with Gasteiger partial charge in [0.1, 0.15) is 5.75 Å². The van der Waals surface area contributed by atoms with E-state index in [1.807, 2.05) is 0 Å². The molecule has 1 atom stereocenters. The Bertz CT molecular complexity index is 423. The first-order valence-corrected chi connectivity index (χ1v) is 6.67. The second-order valence-electron chi connectivity index (χ2n) is 5.55. The molecule has 2 heteroatoms. The Hall–Kier alpha value is -1.02. The van der Waals surface area contributed by atoms with Gasteiger partial charge in [0, 0.05) is 0 Å². The number of methoxy groups -OCH3 is 1. The second kappa shape index (κ2) is 4.02. The summed E-state index contributed by atoms with van der Waals surface area (Å²) in [6, 6.07) is 6.64. The summed E-state index contributed by atoms with van der Waals surface area (Å²) in [5, 5.41) is 0. The molecule has 2 N–H and O–H groups in total. The van der Waals surface area contributed by atoms with E-state index in [4.69, 9.17) is 10.5 Å². The molecule has 0 heterocycles. The molecule has 2 nitrogen and oxygen atoms in total. The molecule has 0 aromatic heterocycles. The summed E-state index contributed by atoms with van der Waals surface area (Å²) in [4.78, 5) is 0. The summed E-state index contributed by atoms with van der Waals surface area (Å²) >= 11 is 0. The first kappa shape index (κ1) is 11.1. The molecule has 2 aliphatic carbocycles. The lowest BCUT2D eigenvalue weighted by atomic mass is 9.73. The Morgan fingerprint density at radius 1 is 1.35 bits per heavy atom. The van der Waals surface area contributed by atoms with E-state index in [1.165, 1.54) is 25.7 Å². The van der Waals surface area contributed by atoms with Gasteiger partial charge in [-0.1, -0.05) is 6.07 Å². The molecule has 0 radical (unpaired) electrons. The monoisotopic (exact) mass is 231 g/mol. The van der Waals surface area contributed by atoms with E-state index in [0.29, 0.717) is 11.3 Å². The summed E-state index contributed by atoms with van der Waals surface area (Å²) in [5.74, 6) is 1.68. The van der Waals surface area contributed by atoms with Crippen molar-refractivity contribution in [3.63, 3.8) is 0 Å². The van der Waals surface area contributed by atoms with Gasteiger partial charge in [-0.15, -0.1) is 0 Å². The summed E-state index contributed by atoms with van der Waals surface area (Å²) in [6.45, 7) is 0.795. The molecule has 1 aromatic rings. The molecule has 1 saturated carbocycles. The molecule has 92 valence electrons. The van der Waals surface area contributed by atoms with Crippen LogP contribution in [0.25, 0.3) is 0 Å². The summed E-state index contributed by atoms with van der Waals surface area (Å²) in [6.07, 6.45) is 6.51. The lowest BCUT2D eigenvalue weighted by Gasteiger charge is -2.32. The zero-order valence-electron chi connectivity index (χ0n) is 10.5. The van der Waals surface area contributed by atoms with E-state index >= 15 is 0 Å². The fourth-order valence-electron chi connectivity index (χ4n) is 3.39. The van der Waals surface area contributed by atoms with Crippen molar-refractivity contribution < 1.29 is 4.74 Å². The molecule has 3 rings (SSSR count). The second-order valence-corrected chi connectivity index (χ2v) is 5.55. The molecular formula is C15H21NO. The van der Waals surface area contributed by atoms with E-state index in [9.17, 15) is 0 Å². The highest BCUT2D eigenvalue weighted by atomic mass is 16.5. The lowest BCUT2D eigenvalue weighted by molar-refractivity contribution is 0.407. The van der Waals surface area contributed by atoms with Crippen LogP contribution in [0.1, 0.15) is 49.1 Å². The smallest absolute Gasteiger partial charge is 0.119 e. The average molecular weight is 231 g/mol. The van der Waals surface area contributed by atoms with Crippen molar-refractivity contribution in [3.05, 3.63) is 29.3 Å². The van der Waals surface area contributed by atoms with Crippen molar-refractivity contribution in [2.24, 2.45) is 5.73 Å². The van der Waals surface area contributed by atoms with Crippen LogP contribution in [0.15, 0.2) is 18.2 Å². The number of hydrogen-bond acceptors (Lipinski definition) is 2. The maximum Gasteiger partial charge on any atom is 0.119 e. The predicted molar refractivity (Wildman–Crippen MR) is 69.6 cm³/mol. The van der Waals surface area contributed by atoms with Gasteiger partial charge >= 0.3 is 0 Å². The third-order valence-corrected chi connectivity index (χ3v) is 4.61. The Labute approximate surface area is 103 Å². The number of fused-ring (bicyclic) bond motifs is 2. The zero-order valence-corrected chi connectivity index (χ0v) is 10.5. The van der Waals surface area contributed by atoms with Crippen LogP contribution >= 0.6 is 0 Å². The van der Waals surface area contributed by atoms with Crippen molar-refractivity contribution in [1.82, 2.24) is 0 Å². The Balaban J connectivity index is 2.02. The SMILES string of the molecule is COc1ccc2c(c1)C1(CCC2CCN)CC1. The Morgan fingerprint density at radius 2 is 2.18 bits per heavy atom. The van der Waals surface area contributed by atoms with Crippen LogP contribution in [0.2, 0.25) is 0 Å². The first-order chi connectivity index (χ1) is 8.29. The Kier molecular flexibility index (Phi) is 2.62. The third-order valence-electron chi connectivity index (χ3n) is 4.61. The number of benzene rings is 1. The van der Waals surface area contributed by atoms with E-state index in [2.05, 4.69) is 18.2 Å². The summed E-state index contributed by atoms with van der Waals surface area (Å²) < 4.78 is 5.37. The standard InChI is InChI=1S/C15H21NO/c1-17-12-2-3-13-11(5-9-16)4-6-15(7-8-15)14(13)10-12/h2-3,10-11H,4-9,16H2,1H3. The van der Waals surface area contributed by atoms with Gasteiger partial charge in [-0.05, 0) is 73.2 Å². The topological polar surface area (TPSA) is 35.2 Å². The fraction of sp³-hybridized carbons (Fsp3) is 0.600. The third kappa shape index (κ3) is 1.75. The van der Waals surface area contributed by atoms with Crippen LogP contribution in [0.3, 0.4) is 0 Å². The molecule has 0 saturated heterocycles. The van der Waals surface area contributed by atoms with Crippen molar-refractivity contribution in [2.75, 3.05) is 13.7 Å². The minimum Gasteiger partial charge on any atom is -0.497 e. The van der Waals surface area contributed by atoms with Crippen molar-refractivity contribution in [2.45, 2.75) is 43.4 Å². The van der Waals surface area contributed by atoms with Gasteiger partial charge in [0.05, 0.1) is 7.11 Å². The molecule has 0 bridgehead atoms. The summed E-state index contributed by atoms with van der Waals surface area (Å²) in [7, 11) is 1.75. The van der Waals surface area contributed by atoms with E-state index in [0.717, 1.165) is 18.7 Å². The van der Waals surface area contributed by atoms with Gasteiger partial charge in [0.2, 0.25) is 0 Å². The molecule has 17 heavy (non-hydrogen) atoms. The van der Waals surface area contributed by atoms with Crippen LogP contribution in [0, 0.1) is 0 Å². The molecule has 0 aliphatic heterocycles.